The van der Waals surface area contributed by atoms with Crippen molar-refractivity contribution in [2.75, 3.05) is 7.05 Å². The lowest BCUT2D eigenvalue weighted by molar-refractivity contribution is 0.0781. The van der Waals surface area contributed by atoms with E-state index < -0.39 is 0 Å². The molecule has 0 aliphatic heterocycles. The number of hydrogen-bond acceptors (Lipinski definition) is 3. The van der Waals surface area contributed by atoms with Crippen LogP contribution in [-0.4, -0.2) is 27.6 Å². The van der Waals surface area contributed by atoms with Crippen LogP contribution >= 0.6 is 15.9 Å². The number of benzene rings is 2. The van der Waals surface area contributed by atoms with Crippen molar-refractivity contribution in [2.24, 2.45) is 0 Å². The van der Waals surface area contributed by atoms with Gasteiger partial charge in [-0.05, 0) is 64.8 Å². The lowest BCUT2D eigenvalue weighted by Crippen LogP contribution is -2.27. The Kier molecular flexibility index (Phi) is 6.46. The molecule has 0 unspecified atom stereocenters. The molecule has 0 fully saturated rings. The predicted octanol–water partition coefficient (Wildman–Crippen LogP) is 4.66. The van der Waals surface area contributed by atoms with Crippen LogP contribution in [0.15, 0.2) is 59.2 Å². The van der Waals surface area contributed by atoms with Gasteiger partial charge in [0, 0.05) is 19.2 Å². The minimum Gasteiger partial charge on any atom is -0.489 e. The standard InChI is InChI=1S/C21H21BrFN3O2/c1-3-26-20(19(22)12-24-26)13-25(2)21(27)16-6-4-15(5-7-16)14-28-18-10-8-17(23)9-11-18/h4-12H,3,13-14H2,1-2H3. The summed E-state index contributed by atoms with van der Waals surface area (Å²) in [6.07, 6.45) is 1.74. The number of amides is 1. The second-order valence-electron chi connectivity index (χ2n) is 6.36. The van der Waals surface area contributed by atoms with Gasteiger partial charge in [0.2, 0.25) is 0 Å². The third-order valence-corrected chi connectivity index (χ3v) is 5.01. The van der Waals surface area contributed by atoms with Gasteiger partial charge in [0.25, 0.3) is 5.91 Å². The molecule has 5 nitrogen and oxygen atoms in total. The predicted molar refractivity (Wildman–Crippen MR) is 109 cm³/mol. The van der Waals surface area contributed by atoms with Crippen LogP contribution in [0.2, 0.25) is 0 Å². The SMILES string of the molecule is CCn1ncc(Br)c1CN(C)C(=O)c1ccc(COc2ccc(F)cc2)cc1. The highest BCUT2D eigenvalue weighted by molar-refractivity contribution is 9.10. The van der Waals surface area contributed by atoms with Crippen molar-refractivity contribution in [3.8, 4) is 5.75 Å². The van der Waals surface area contributed by atoms with Crippen LogP contribution in [0.3, 0.4) is 0 Å². The van der Waals surface area contributed by atoms with Gasteiger partial charge in [-0.2, -0.15) is 5.10 Å². The molecule has 7 heteroatoms. The van der Waals surface area contributed by atoms with Gasteiger partial charge >= 0.3 is 0 Å². The molecule has 3 aromatic rings. The van der Waals surface area contributed by atoms with Gasteiger partial charge in [-0.3, -0.25) is 9.48 Å². The van der Waals surface area contributed by atoms with E-state index in [-0.39, 0.29) is 11.7 Å². The molecule has 0 atom stereocenters. The van der Waals surface area contributed by atoms with Crippen molar-refractivity contribution in [3.63, 3.8) is 0 Å². The Hall–Kier alpha value is -2.67. The lowest BCUT2D eigenvalue weighted by atomic mass is 10.1. The van der Waals surface area contributed by atoms with Crippen LogP contribution < -0.4 is 4.74 Å². The van der Waals surface area contributed by atoms with E-state index in [0.717, 1.165) is 22.3 Å². The summed E-state index contributed by atoms with van der Waals surface area (Å²) in [5, 5.41) is 4.28. The number of halogens is 2. The van der Waals surface area contributed by atoms with E-state index in [4.69, 9.17) is 4.74 Å². The fourth-order valence-corrected chi connectivity index (χ4v) is 3.20. The second kappa shape index (κ2) is 9.01. The van der Waals surface area contributed by atoms with E-state index in [2.05, 4.69) is 21.0 Å². The summed E-state index contributed by atoms with van der Waals surface area (Å²) in [6, 6.07) is 13.2. The van der Waals surface area contributed by atoms with Crippen LogP contribution in [0.5, 0.6) is 5.75 Å². The van der Waals surface area contributed by atoms with Gasteiger partial charge in [0.15, 0.2) is 0 Å². The van der Waals surface area contributed by atoms with E-state index in [1.54, 1.807) is 42.4 Å². The first-order chi connectivity index (χ1) is 13.5. The van der Waals surface area contributed by atoms with Crippen molar-refractivity contribution in [2.45, 2.75) is 26.6 Å². The quantitative estimate of drug-likeness (QED) is 0.531. The van der Waals surface area contributed by atoms with Crippen molar-refractivity contribution < 1.29 is 13.9 Å². The van der Waals surface area contributed by atoms with E-state index in [1.807, 2.05) is 23.7 Å². The van der Waals surface area contributed by atoms with Gasteiger partial charge in [-0.15, -0.1) is 0 Å². The van der Waals surface area contributed by atoms with Crippen molar-refractivity contribution >= 4 is 21.8 Å². The molecule has 0 saturated carbocycles. The molecule has 0 saturated heterocycles. The Morgan fingerprint density at radius 3 is 2.50 bits per heavy atom. The normalized spacial score (nSPS) is 10.7. The maximum Gasteiger partial charge on any atom is 0.253 e. The zero-order valence-corrected chi connectivity index (χ0v) is 17.3. The van der Waals surface area contributed by atoms with Gasteiger partial charge in [0.05, 0.1) is 22.9 Å². The molecule has 0 N–H and O–H groups in total. The number of carbonyl (C=O) groups excluding carboxylic acids is 1. The number of rotatable bonds is 7. The first-order valence-corrected chi connectivity index (χ1v) is 9.70. The molecule has 0 aliphatic rings. The number of carbonyl (C=O) groups is 1. The summed E-state index contributed by atoms with van der Waals surface area (Å²) < 4.78 is 21.3. The van der Waals surface area contributed by atoms with Crippen molar-refractivity contribution in [1.29, 1.82) is 0 Å². The molecule has 146 valence electrons. The maximum absolute atomic E-state index is 12.9. The Bertz CT molecular complexity index is 939. The fraction of sp³-hybridized carbons (Fsp3) is 0.238. The summed E-state index contributed by atoms with van der Waals surface area (Å²) in [4.78, 5) is 14.4. The Labute approximate surface area is 171 Å². The summed E-state index contributed by atoms with van der Waals surface area (Å²) in [5.74, 6) is 0.231. The highest BCUT2D eigenvalue weighted by Gasteiger charge is 2.16. The topological polar surface area (TPSA) is 47.4 Å². The minimum absolute atomic E-state index is 0.0678. The molecule has 1 amide bonds. The molecule has 1 heterocycles. The van der Waals surface area contributed by atoms with Crippen molar-refractivity contribution in [1.82, 2.24) is 14.7 Å². The molecule has 2 aromatic carbocycles. The number of aryl methyl sites for hydroxylation is 1. The highest BCUT2D eigenvalue weighted by Crippen LogP contribution is 2.19. The molecule has 1 aromatic heterocycles. The molecule has 0 aliphatic carbocycles. The van der Waals surface area contributed by atoms with Crippen LogP contribution in [0.25, 0.3) is 0 Å². The van der Waals surface area contributed by atoms with Gasteiger partial charge in [-0.25, -0.2) is 4.39 Å². The third kappa shape index (κ3) is 4.78. The molecule has 3 rings (SSSR count). The Morgan fingerprint density at radius 2 is 1.86 bits per heavy atom. The van der Waals surface area contributed by atoms with Crippen LogP contribution in [0.1, 0.15) is 28.5 Å². The van der Waals surface area contributed by atoms with E-state index in [9.17, 15) is 9.18 Å². The average molecular weight is 446 g/mol. The smallest absolute Gasteiger partial charge is 0.253 e. The highest BCUT2D eigenvalue weighted by atomic mass is 79.9. The summed E-state index contributed by atoms with van der Waals surface area (Å²) >= 11 is 3.49. The van der Waals surface area contributed by atoms with Crippen molar-refractivity contribution in [3.05, 3.63) is 81.8 Å². The van der Waals surface area contributed by atoms with Gasteiger partial charge < -0.3 is 9.64 Å². The second-order valence-corrected chi connectivity index (χ2v) is 7.21. The number of hydrogen-bond donors (Lipinski definition) is 0. The molecule has 0 spiro atoms. The van der Waals surface area contributed by atoms with Gasteiger partial charge in [-0.1, -0.05) is 12.1 Å². The third-order valence-electron chi connectivity index (χ3n) is 4.35. The largest absolute Gasteiger partial charge is 0.489 e. The maximum atomic E-state index is 12.9. The molecular formula is C21H21BrFN3O2. The van der Waals surface area contributed by atoms with E-state index in [0.29, 0.717) is 24.5 Å². The van der Waals surface area contributed by atoms with Crippen LogP contribution in [0.4, 0.5) is 4.39 Å². The first-order valence-electron chi connectivity index (χ1n) is 8.91. The monoisotopic (exact) mass is 445 g/mol. The zero-order valence-electron chi connectivity index (χ0n) is 15.7. The average Bonchev–Trinajstić information content (AvgIpc) is 3.07. The zero-order chi connectivity index (χ0) is 20.1. The number of nitrogens with zero attached hydrogens (tertiary/aromatic N) is 3. The van der Waals surface area contributed by atoms with Gasteiger partial charge in [0.1, 0.15) is 18.2 Å². The van der Waals surface area contributed by atoms with Crippen LogP contribution in [0, 0.1) is 5.82 Å². The molecule has 28 heavy (non-hydrogen) atoms. The summed E-state index contributed by atoms with van der Waals surface area (Å²) in [5.41, 5.74) is 2.49. The molecular weight excluding hydrogens is 425 g/mol. The van der Waals surface area contributed by atoms with E-state index >= 15 is 0 Å². The summed E-state index contributed by atoms with van der Waals surface area (Å²) in [7, 11) is 1.77. The molecule has 0 bridgehead atoms. The van der Waals surface area contributed by atoms with Crippen LogP contribution in [-0.2, 0) is 19.7 Å². The Morgan fingerprint density at radius 1 is 1.18 bits per heavy atom. The fourth-order valence-electron chi connectivity index (χ4n) is 2.78. The van der Waals surface area contributed by atoms with E-state index in [1.165, 1.54) is 12.1 Å². The first kappa shape index (κ1) is 20.1. The molecule has 0 radical (unpaired) electrons. The lowest BCUT2D eigenvalue weighted by Gasteiger charge is -2.18. The Balaban J connectivity index is 1.61. The summed E-state index contributed by atoms with van der Waals surface area (Å²) in [6.45, 7) is 3.56. The number of aromatic nitrogens is 2. The number of ether oxygens (including phenoxy) is 1. The minimum atomic E-state index is -0.298.